The van der Waals surface area contributed by atoms with Crippen molar-refractivity contribution in [2.45, 2.75) is 31.5 Å². The van der Waals surface area contributed by atoms with Crippen LogP contribution in [0.25, 0.3) is 16.5 Å². The van der Waals surface area contributed by atoms with Gasteiger partial charge in [0.25, 0.3) is 0 Å². The van der Waals surface area contributed by atoms with Gasteiger partial charge in [-0.1, -0.05) is 24.3 Å². The Hall–Kier alpha value is -3.37. The zero-order valence-corrected chi connectivity index (χ0v) is 14.6. The molecule has 7 heteroatoms. The normalized spacial score (nSPS) is 25.7. The molecule has 0 saturated carbocycles. The fourth-order valence-electron chi connectivity index (χ4n) is 4.52. The number of carbonyl (C=O) groups is 1. The molecular formula is C20H15N3O4. The number of aromatic nitrogens is 2. The zero-order chi connectivity index (χ0) is 19.1. The maximum atomic E-state index is 12.5. The largest absolute Gasteiger partial charge is 0.494 e. The molecule has 3 aromatic rings. The van der Waals surface area contributed by atoms with E-state index in [1.54, 1.807) is 38.1 Å². The van der Waals surface area contributed by atoms with Crippen LogP contribution in [0.15, 0.2) is 30.5 Å². The number of rotatable bonds is 1. The Bertz CT molecular complexity index is 1220. The number of pyridine rings is 1. The fraction of sp³-hybridized carbons (Fsp3) is 0.250. The van der Waals surface area contributed by atoms with Gasteiger partial charge in [-0.2, -0.15) is 5.26 Å². The van der Waals surface area contributed by atoms with E-state index in [9.17, 15) is 20.3 Å². The van der Waals surface area contributed by atoms with Crippen LogP contribution in [0.5, 0.6) is 11.8 Å². The van der Waals surface area contributed by atoms with Crippen molar-refractivity contribution in [1.82, 2.24) is 9.55 Å². The third-order valence-corrected chi connectivity index (χ3v) is 5.71. The molecule has 2 aliphatic rings. The number of carbonyl (C=O) groups excluding carboxylic acids is 1. The van der Waals surface area contributed by atoms with E-state index in [1.807, 2.05) is 6.07 Å². The summed E-state index contributed by atoms with van der Waals surface area (Å²) in [5.74, 6) is -0.566. The van der Waals surface area contributed by atoms with Crippen LogP contribution < -0.4 is 0 Å². The van der Waals surface area contributed by atoms with Gasteiger partial charge < -0.3 is 14.9 Å². The van der Waals surface area contributed by atoms with Gasteiger partial charge in [0.15, 0.2) is 11.4 Å². The lowest BCUT2D eigenvalue weighted by atomic mass is 9.79. The molecule has 7 nitrogen and oxygen atoms in total. The Balaban J connectivity index is 1.87. The van der Waals surface area contributed by atoms with Crippen molar-refractivity contribution in [3.63, 3.8) is 0 Å². The molecule has 1 saturated heterocycles. The molecule has 5 rings (SSSR count). The van der Waals surface area contributed by atoms with Crippen LogP contribution in [-0.2, 0) is 20.7 Å². The standard InChI is InChI=1S/C20H15N3O4/c1-19-7-14(24)20(2,27-19)16-15(19)17(25)23(18(16)26)13-9-22-12(8-21)10-5-3-4-6-11(10)13/h3-6,9,25-26H,7H2,1-2H3/t19-,20+/m0/s1. The van der Waals surface area contributed by atoms with Crippen molar-refractivity contribution < 1.29 is 19.7 Å². The number of Topliss-reactive ketones (excluding diaryl/α,β-unsaturated/α-hetero) is 1. The number of nitrogens with zero attached hydrogens (tertiary/aromatic N) is 3. The van der Waals surface area contributed by atoms with Crippen molar-refractivity contribution in [3.05, 3.63) is 47.3 Å². The number of fused-ring (bicyclic) bond motifs is 6. The number of nitriles is 1. The molecule has 2 aromatic heterocycles. The van der Waals surface area contributed by atoms with Crippen LogP contribution in [0.3, 0.4) is 0 Å². The molecule has 0 spiro atoms. The first-order chi connectivity index (χ1) is 12.8. The van der Waals surface area contributed by atoms with Gasteiger partial charge in [0, 0.05) is 17.2 Å². The summed E-state index contributed by atoms with van der Waals surface area (Å²) in [6.07, 6.45) is 1.57. The SMILES string of the molecule is C[C@@]12CC(=O)[C@@](C)(O1)c1c2c(O)n(-c2cnc(C#N)c3ccccc23)c1O. The third kappa shape index (κ3) is 1.68. The van der Waals surface area contributed by atoms with Crippen LogP contribution in [-0.4, -0.2) is 25.5 Å². The molecule has 1 aromatic carbocycles. The number of aromatic hydroxyl groups is 2. The minimum atomic E-state index is -1.28. The topological polar surface area (TPSA) is 108 Å². The van der Waals surface area contributed by atoms with Gasteiger partial charge in [-0.05, 0) is 13.8 Å². The number of ether oxygens (including phenoxy) is 1. The Morgan fingerprint density at radius 3 is 2.56 bits per heavy atom. The van der Waals surface area contributed by atoms with Gasteiger partial charge in [0.1, 0.15) is 17.4 Å². The summed E-state index contributed by atoms with van der Waals surface area (Å²) in [5, 5.41) is 32.5. The van der Waals surface area contributed by atoms with Crippen molar-refractivity contribution in [3.8, 4) is 23.5 Å². The highest BCUT2D eigenvalue weighted by Crippen LogP contribution is 2.62. The average Bonchev–Trinajstić information content (AvgIpc) is 3.15. The first kappa shape index (κ1) is 15.9. The van der Waals surface area contributed by atoms with Crippen molar-refractivity contribution in [2.75, 3.05) is 0 Å². The fourth-order valence-corrected chi connectivity index (χ4v) is 4.52. The minimum Gasteiger partial charge on any atom is -0.494 e. The van der Waals surface area contributed by atoms with Crippen LogP contribution in [0.4, 0.5) is 0 Å². The van der Waals surface area contributed by atoms with Crippen LogP contribution in [0.2, 0.25) is 0 Å². The molecule has 0 aliphatic carbocycles. The second-order valence-corrected chi connectivity index (χ2v) is 7.35. The lowest BCUT2D eigenvalue weighted by Crippen LogP contribution is -2.28. The lowest BCUT2D eigenvalue weighted by Gasteiger charge is -2.20. The second-order valence-electron chi connectivity index (χ2n) is 7.35. The third-order valence-electron chi connectivity index (χ3n) is 5.71. The highest BCUT2D eigenvalue weighted by atomic mass is 16.5. The predicted molar refractivity (Wildman–Crippen MR) is 94.5 cm³/mol. The number of hydrogen-bond donors (Lipinski definition) is 2. The monoisotopic (exact) mass is 361 g/mol. The van der Waals surface area contributed by atoms with Crippen LogP contribution >= 0.6 is 0 Å². The molecule has 2 bridgehead atoms. The quantitative estimate of drug-likeness (QED) is 0.690. The van der Waals surface area contributed by atoms with E-state index in [4.69, 9.17) is 4.74 Å². The Morgan fingerprint density at radius 2 is 1.85 bits per heavy atom. The summed E-state index contributed by atoms with van der Waals surface area (Å²) in [5.41, 5.74) is -0.863. The first-order valence-corrected chi connectivity index (χ1v) is 8.51. The van der Waals surface area contributed by atoms with Gasteiger partial charge in [-0.3, -0.25) is 4.79 Å². The molecule has 27 heavy (non-hydrogen) atoms. The van der Waals surface area contributed by atoms with Crippen molar-refractivity contribution in [1.29, 1.82) is 5.26 Å². The van der Waals surface area contributed by atoms with E-state index in [0.717, 1.165) is 0 Å². The van der Waals surface area contributed by atoms with E-state index in [2.05, 4.69) is 4.98 Å². The molecule has 0 amide bonds. The molecule has 2 atom stereocenters. The molecule has 4 heterocycles. The summed E-state index contributed by atoms with van der Waals surface area (Å²) in [6.45, 7) is 3.35. The van der Waals surface area contributed by atoms with Crippen molar-refractivity contribution >= 4 is 16.6 Å². The summed E-state index contributed by atoms with van der Waals surface area (Å²) < 4.78 is 7.18. The minimum absolute atomic E-state index is 0.132. The van der Waals surface area contributed by atoms with E-state index in [1.165, 1.54) is 10.8 Å². The van der Waals surface area contributed by atoms with E-state index < -0.39 is 11.2 Å². The summed E-state index contributed by atoms with van der Waals surface area (Å²) in [7, 11) is 0. The van der Waals surface area contributed by atoms with Gasteiger partial charge >= 0.3 is 0 Å². The maximum Gasteiger partial charge on any atom is 0.205 e. The highest BCUT2D eigenvalue weighted by molar-refractivity contribution is 5.97. The Kier molecular flexibility index (Phi) is 2.74. The zero-order valence-electron chi connectivity index (χ0n) is 14.6. The van der Waals surface area contributed by atoms with E-state index >= 15 is 0 Å². The van der Waals surface area contributed by atoms with Crippen LogP contribution in [0, 0.1) is 11.3 Å². The molecule has 2 aliphatic heterocycles. The Morgan fingerprint density at radius 1 is 1.19 bits per heavy atom. The number of ketones is 1. The average molecular weight is 361 g/mol. The molecular weight excluding hydrogens is 346 g/mol. The summed E-state index contributed by atoms with van der Waals surface area (Å²) in [6, 6.07) is 9.19. The first-order valence-electron chi connectivity index (χ1n) is 8.51. The van der Waals surface area contributed by atoms with Crippen molar-refractivity contribution in [2.24, 2.45) is 0 Å². The number of hydrogen-bond acceptors (Lipinski definition) is 6. The number of benzene rings is 1. The Labute approximate surface area is 154 Å². The van der Waals surface area contributed by atoms with E-state index in [0.29, 0.717) is 27.6 Å². The smallest absolute Gasteiger partial charge is 0.205 e. The summed E-state index contributed by atoms with van der Waals surface area (Å²) >= 11 is 0. The van der Waals surface area contributed by atoms with Gasteiger partial charge in [-0.25, -0.2) is 9.55 Å². The highest BCUT2D eigenvalue weighted by Gasteiger charge is 2.64. The maximum absolute atomic E-state index is 12.5. The molecule has 0 radical (unpaired) electrons. The molecule has 134 valence electrons. The summed E-state index contributed by atoms with van der Waals surface area (Å²) in [4.78, 5) is 16.6. The molecule has 2 N–H and O–H groups in total. The van der Waals surface area contributed by atoms with Gasteiger partial charge in [0.05, 0.1) is 23.0 Å². The van der Waals surface area contributed by atoms with Gasteiger partial charge in [-0.15, -0.1) is 0 Å². The lowest BCUT2D eigenvalue weighted by molar-refractivity contribution is -0.133. The van der Waals surface area contributed by atoms with Gasteiger partial charge in [0.2, 0.25) is 11.8 Å². The van der Waals surface area contributed by atoms with E-state index in [-0.39, 0.29) is 29.7 Å². The van der Waals surface area contributed by atoms with Crippen LogP contribution in [0.1, 0.15) is 37.1 Å². The predicted octanol–water partition coefficient (Wildman–Crippen LogP) is 2.74. The molecule has 1 fully saturated rings. The second kappa shape index (κ2) is 4.67. The molecule has 0 unspecified atom stereocenters.